The van der Waals surface area contributed by atoms with Gasteiger partial charge in [-0.05, 0) is 25.7 Å². The van der Waals surface area contributed by atoms with Crippen LogP contribution in [-0.4, -0.2) is 46.9 Å². The van der Waals surface area contributed by atoms with Gasteiger partial charge in [0.1, 0.15) is 12.1 Å². The SMILES string of the molecule is O=C(CN1C(=O)NC2(CCCCCCC2)C1=O)NC(=O)NC1CCCC1. The summed E-state index contributed by atoms with van der Waals surface area (Å²) in [6, 6.07) is -1.01. The minimum Gasteiger partial charge on any atom is -0.335 e. The van der Waals surface area contributed by atoms with Crippen LogP contribution in [0.25, 0.3) is 0 Å². The molecule has 2 saturated carbocycles. The van der Waals surface area contributed by atoms with Crippen molar-refractivity contribution in [3.8, 4) is 0 Å². The molecular weight excluding hydrogens is 336 g/mol. The van der Waals surface area contributed by atoms with Crippen LogP contribution in [0.3, 0.4) is 0 Å². The Morgan fingerprint density at radius 3 is 2.27 bits per heavy atom. The fourth-order valence-electron chi connectivity index (χ4n) is 4.27. The van der Waals surface area contributed by atoms with Gasteiger partial charge in [-0.15, -0.1) is 0 Å². The highest BCUT2D eigenvalue weighted by molar-refractivity contribution is 6.10. The van der Waals surface area contributed by atoms with E-state index in [1.165, 1.54) is 0 Å². The standard InChI is InChI=1S/C18H28N4O4/c23-14(20-16(25)19-13-8-4-5-9-13)12-22-15(24)18(21-17(22)26)10-6-2-1-3-7-11-18/h13H,1-12H2,(H,21,26)(H2,19,20,23,25). The topological polar surface area (TPSA) is 108 Å². The molecular formula is C18H28N4O4. The molecule has 1 aliphatic heterocycles. The molecule has 144 valence electrons. The van der Waals surface area contributed by atoms with E-state index in [2.05, 4.69) is 16.0 Å². The number of hydrogen-bond acceptors (Lipinski definition) is 4. The Morgan fingerprint density at radius 2 is 1.62 bits per heavy atom. The third-order valence-electron chi connectivity index (χ3n) is 5.70. The summed E-state index contributed by atoms with van der Waals surface area (Å²) in [7, 11) is 0. The lowest BCUT2D eigenvalue weighted by molar-refractivity contribution is -0.135. The van der Waals surface area contributed by atoms with E-state index in [1.54, 1.807) is 0 Å². The van der Waals surface area contributed by atoms with Crippen molar-refractivity contribution in [3.63, 3.8) is 0 Å². The Balaban J connectivity index is 1.54. The molecule has 0 bridgehead atoms. The lowest BCUT2D eigenvalue weighted by Gasteiger charge is -2.28. The first-order valence-electron chi connectivity index (χ1n) is 9.75. The van der Waals surface area contributed by atoms with Crippen molar-refractivity contribution in [2.45, 2.75) is 82.2 Å². The van der Waals surface area contributed by atoms with Crippen LogP contribution in [0.1, 0.15) is 70.6 Å². The average Bonchev–Trinajstić information content (AvgIpc) is 3.14. The minimum absolute atomic E-state index is 0.0951. The molecule has 0 atom stereocenters. The Kier molecular flexibility index (Phi) is 5.78. The van der Waals surface area contributed by atoms with Crippen LogP contribution in [0, 0.1) is 0 Å². The molecule has 2 aliphatic carbocycles. The van der Waals surface area contributed by atoms with E-state index in [-0.39, 0.29) is 11.9 Å². The zero-order chi connectivity index (χ0) is 18.6. The van der Waals surface area contributed by atoms with Gasteiger partial charge in [0.15, 0.2) is 0 Å². The van der Waals surface area contributed by atoms with Crippen LogP contribution in [0.5, 0.6) is 0 Å². The third-order valence-corrected chi connectivity index (χ3v) is 5.70. The maximum absolute atomic E-state index is 12.8. The highest BCUT2D eigenvalue weighted by atomic mass is 16.2. The van der Waals surface area contributed by atoms with Gasteiger partial charge in [0.05, 0.1) is 0 Å². The molecule has 0 radical (unpaired) electrons. The van der Waals surface area contributed by atoms with Gasteiger partial charge in [0.25, 0.3) is 5.91 Å². The summed E-state index contributed by atoms with van der Waals surface area (Å²) < 4.78 is 0. The number of carbonyl (C=O) groups is 4. The second-order valence-electron chi connectivity index (χ2n) is 7.67. The van der Waals surface area contributed by atoms with Crippen LogP contribution in [0.4, 0.5) is 9.59 Å². The number of urea groups is 2. The number of nitrogens with zero attached hydrogens (tertiary/aromatic N) is 1. The van der Waals surface area contributed by atoms with Gasteiger partial charge in [-0.25, -0.2) is 9.59 Å². The van der Waals surface area contributed by atoms with Gasteiger partial charge in [-0.3, -0.25) is 19.8 Å². The number of carbonyl (C=O) groups excluding carboxylic acids is 4. The lowest BCUT2D eigenvalue weighted by Crippen LogP contribution is -2.49. The van der Waals surface area contributed by atoms with Crippen LogP contribution in [0.15, 0.2) is 0 Å². The van der Waals surface area contributed by atoms with Crippen LogP contribution < -0.4 is 16.0 Å². The molecule has 0 aromatic carbocycles. The molecule has 0 aromatic heterocycles. The first kappa shape index (κ1) is 18.7. The maximum atomic E-state index is 12.8. The molecule has 8 nitrogen and oxygen atoms in total. The summed E-state index contributed by atoms with van der Waals surface area (Å²) in [6.45, 7) is -0.426. The summed E-state index contributed by atoms with van der Waals surface area (Å²) >= 11 is 0. The first-order valence-corrected chi connectivity index (χ1v) is 9.75. The summed E-state index contributed by atoms with van der Waals surface area (Å²) in [5, 5.41) is 7.79. The monoisotopic (exact) mass is 364 g/mol. The first-order chi connectivity index (χ1) is 12.5. The fraction of sp³-hybridized carbons (Fsp3) is 0.778. The van der Waals surface area contributed by atoms with Gasteiger partial charge in [0.2, 0.25) is 5.91 Å². The number of amides is 6. The summed E-state index contributed by atoms with van der Waals surface area (Å²) in [6.07, 6.45) is 10.2. The van der Waals surface area contributed by atoms with E-state index < -0.39 is 30.1 Å². The molecule has 26 heavy (non-hydrogen) atoms. The molecule has 0 aromatic rings. The van der Waals surface area contributed by atoms with Crippen LogP contribution in [0.2, 0.25) is 0 Å². The molecule has 0 unspecified atom stereocenters. The molecule has 3 N–H and O–H groups in total. The zero-order valence-corrected chi connectivity index (χ0v) is 15.1. The molecule has 1 spiro atoms. The summed E-state index contributed by atoms with van der Waals surface area (Å²) in [4.78, 5) is 50.0. The largest absolute Gasteiger partial charge is 0.335 e. The lowest BCUT2D eigenvalue weighted by atomic mass is 9.84. The normalized spacial score (nSPS) is 23.5. The van der Waals surface area contributed by atoms with Gasteiger partial charge in [0, 0.05) is 6.04 Å². The van der Waals surface area contributed by atoms with Crippen LogP contribution in [-0.2, 0) is 9.59 Å². The van der Waals surface area contributed by atoms with Gasteiger partial charge in [-0.1, -0.05) is 44.9 Å². The number of imide groups is 2. The molecule has 3 fully saturated rings. The average molecular weight is 364 g/mol. The third kappa shape index (κ3) is 4.16. The second-order valence-corrected chi connectivity index (χ2v) is 7.67. The summed E-state index contributed by atoms with van der Waals surface area (Å²) in [5.41, 5.74) is -0.871. The Bertz CT molecular complexity index is 578. The molecule has 3 rings (SSSR count). The smallest absolute Gasteiger partial charge is 0.325 e. The van der Waals surface area contributed by atoms with Gasteiger partial charge < -0.3 is 10.6 Å². The zero-order valence-electron chi connectivity index (χ0n) is 15.1. The predicted molar refractivity (Wildman–Crippen MR) is 94.2 cm³/mol. The second kappa shape index (κ2) is 8.05. The van der Waals surface area contributed by atoms with E-state index in [4.69, 9.17) is 0 Å². The quantitative estimate of drug-likeness (QED) is 0.664. The molecule has 6 amide bonds. The van der Waals surface area contributed by atoms with Crippen molar-refractivity contribution in [2.24, 2.45) is 0 Å². The van der Waals surface area contributed by atoms with E-state index in [0.29, 0.717) is 12.8 Å². The number of hydrogen-bond donors (Lipinski definition) is 3. The van der Waals surface area contributed by atoms with E-state index in [0.717, 1.165) is 62.7 Å². The number of rotatable bonds is 3. The van der Waals surface area contributed by atoms with Gasteiger partial charge in [-0.2, -0.15) is 0 Å². The van der Waals surface area contributed by atoms with Crippen molar-refractivity contribution in [1.29, 1.82) is 0 Å². The van der Waals surface area contributed by atoms with Crippen molar-refractivity contribution >= 4 is 23.9 Å². The Labute approximate surface area is 153 Å². The predicted octanol–water partition coefficient (Wildman–Crippen LogP) is 1.79. The van der Waals surface area contributed by atoms with Gasteiger partial charge >= 0.3 is 12.1 Å². The van der Waals surface area contributed by atoms with E-state index in [9.17, 15) is 19.2 Å². The fourth-order valence-corrected chi connectivity index (χ4v) is 4.27. The van der Waals surface area contributed by atoms with Crippen molar-refractivity contribution < 1.29 is 19.2 Å². The van der Waals surface area contributed by atoms with Crippen molar-refractivity contribution in [3.05, 3.63) is 0 Å². The molecule has 8 heteroatoms. The molecule has 1 heterocycles. The van der Waals surface area contributed by atoms with E-state index >= 15 is 0 Å². The maximum Gasteiger partial charge on any atom is 0.325 e. The Morgan fingerprint density at radius 1 is 1.00 bits per heavy atom. The highest BCUT2D eigenvalue weighted by Gasteiger charge is 2.50. The van der Waals surface area contributed by atoms with Crippen molar-refractivity contribution in [1.82, 2.24) is 20.9 Å². The number of nitrogens with one attached hydrogen (secondary N) is 3. The van der Waals surface area contributed by atoms with E-state index in [1.807, 2.05) is 0 Å². The molecule has 3 aliphatic rings. The minimum atomic E-state index is -0.871. The molecule has 1 saturated heterocycles. The Hall–Kier alpha value is -2.12. The van der Waals surface area contributed by atoms with Crippen LogP contribution >= 0.6 is 0 Å². The van der Waals surface area contributed by atoms with Crippen molar-refractivity contribution in [2.75, 3.05) is 6.54 Å². The highest BCUT2D eigenvalue weighted by Crippen LogP contribution is 2.31. The summed E-state index contributed by atoms with van der Waals surface area (Å²) in [5.74, 6) is -0.984.